The molecule has 0 aliphatic rings. The quantitative estimate of drug-likeness (QED) is 0.767. The molecule has 0 aliphatic heterocycles. The van der Waals surface area contributed by atoms with Gasteiger partial charge in [-0.2, -0.15) is 0 Å². The number of hydrogen-bond acceptors (Lipinski definition) is 3. The molecule has 0 saturated carbocycles. The summed E-state index contributed by atoms with van der Waals surface area (Å²) in [6.45, 7) is 7.91. The van der Waals surface area contributed by atoms with Crippen LogP contribution in [0.4, 0.5) is 4.39 Å². The first-order valence-corrected chi connectivity index (χ1v) is 6.91. The Bertz CT molecular complexity index is 436. The number of ether oxygens (including phenoxy) is 1. The van der Waals surface area contributed by atoms with Gasteiger partial charge in [0.25, 0.3) is 5.91 Å². The van der Waals surface area contributed by atoms with E-state index in [0.717, 1.165) is 12.1 Å². The number of amides is 1. The molecular weight excluding hydrogens is 259 g/mol. The van der Waals surface area contributed by atoms with Crippen molar-refractivity contribution in [3.8, 4) is 5.75 Å². The maximum atomic E-state index is 13.3. The molecule has 0 saturated heterocycles. The zero-order valence-corrected chi connectivity index (χ0v) is 12.3. The van der Waals surface area contributed by atoms with Crippen molar-refractivity contribution >= 4 is 5.91 Å². The van der Waals surface area contributed by atoms with Crippen LogP contribution in [-0.2, 0) is 11.3 Å². The number of nitrogens with one attached hydrogen (secondary N) is 2. The maximum absolute atomic E-state index is 13.3. The molecule has 2 N–H and O–H groups in total. The normalized spacial score (nSPS) is 10.7. The van der Waals surface area contributed by atoms with Gasteiger partial charge in [-0.3, -0.25) is 4.79 Å². The van der Waals surface area contributed by atoms with E-state index in [1.165, 1.54) is 12.1 Å². The van der Waals surface area contributed by atoms with Gasteiger partial charge in [0, 0.05) is 18.7 Å². The molecule has 1 rings (SSSR count). The molecule has 0 bridgehead atoms. The third-order valence-electron chi connectivity index (χ3n) is 2.62. The minimum Gasteiger partial charge on any atom is -0.483 e. The number of carbonyl (C=O) groups excluding carboxylic acids is 1. The molecule has 112 valence electrons. The summed E-state index contributed by atoms with van der Waals surface area (Å²) in [7, 11) is 0. The molecule has 0 radical (unpaired) electrons. The van der Waals surface area contributed by atoms with Crippen molar-refractivity contribution in [1.82, 2.24) is 10.6 Å². The molecule has 1 amide bonds. The lowest BCUT2D eigenvalue weighted by Gasteiger charge is -2.13. The summed E-state index contributed by atoms with van der Waals surface area (Å²) in [6.07, 6.45) is 0. The molecule has 0 heterocycles. The second-order valence-corrected chi connectivity index (χ2v) is 5.02. The number of rotatable bonds is 8. The molecule has 20 heavy (non-hydrogen) atoms. The third-order valence-corrected chi connectivity index (χ3v) is 2.62. The first kappa shape index (κ1) is 16.4. The van der Waals surface area contributed by atoms with Gasteiger partial charge in [-0.25, -0.2) is 4.39 Å². The molecular formula is C15H23FN2O2. The highest BCUT2D eigenvalue weighted by molar-refractivity contribution is 5.77. The van der Waals surface area contributed by atoms with Crippen LogP contribution in [0.1, 0.15) is 26.3 Å². The highest BCUT2D eigenvalue weighted by atomic mass is 19.1. The fourth-order valence-electron chi connectivity index (χ4n) is 1.71. The first-order chi connectivity index (χ1) is 9.52. The SMILES string of the molecule is CCNC(=O)COc1ccc(F)cc1CNCC(C)C. The van der Waals surface area contributed by atoms with Crippen LogP contribution >= 0.6 is 0 Å². The lowest BCUT2D eigenvalue weighted by Crippen LogP contribution is -2.28. The topological polar surface area (TPSA) is 50.4 Å². The average molecular weight is 282 g/mol. The average Bonchev–Trinajstić information content (AvgIpc) is 2.37. The number of likely N-dealkylation sites (N-methyl/N-ethyl adjacent to an activating group) is 1. The molecule has 0 spiro atoms. The van der Waals surface area contributed by atoms with Crippen molar-refractivity contribution in [2.24, 2.45) is 5.92 Å². The van der Waals surface area contributed by atoms with Gasteiger partial charge in [-0.1, -0.05) is 13.8 Å². The minimum atomic E-state index is -0.309. The number of hydrogen-bond donors (Lipinski definition) is 2. The van der Waals surface area contributed by atoms with Gasteiger partial charge in [0.2, 0.25) is 0 Å². The Morgan fingerprint density at radius 2 is 2.15 bits per heavy atom. The van der Waals surface area contributed by atoms with Gasteiger partial charge < -0.3 is 15.4 Å². The number of halogens is 1. The zero-order chi connectivity index (χ0) is 15.0. The van der Waals surface area contributed by atoms with Crippen LogP contribution < -0.4 is 15.4 Å². The Hall–Kier alpha value is -1.62. The van der Waals surface area contributed by atoms with Crippen molar-refractivity contribution < 1.29 is 13.9 Å². The molecule has 1 aromatic rings. The zero-order valence-electron chi connectivity index (χ0n) is 12.3. The molecule has 0 fully saturated rings. The summed E-state index contributed by atoms with van der Waals surface area (Å²) in [6, 6.07) is 4.32. The fourth-order valence-corrected chi connectivity index (χ4v) is 1.71. The summed E-state index contributed by atoms with van der Waals surface area (Å²) in [5.41, 5.74) is 0.718. The smallest absolute Gasteiger partial charge is 0.257 e. The van der Waals surface area contributed by atoms with Gasteiger partial charge >= 0.3 is 0 Å². The van der Waals surface area contributed by atoms with Gasteiger partial charge in [-0.05, 0) is 37.6 Å². The molecule has 0 aliphatic carbocycles. The van der Waals surface area contributed by atoms with E-state index in [1.54, 1.807) is 6.07 Å². The Labute approximate surface area is 119 Å². The van der Waals surface area contributed by atoms with Gasteiger partial charge in [0.15, 0.2) is 6.61 Å². The minimum absolute atomic E-state index is 0.0589. The van der Waals surface area contributed by atoms with Crippen LogP contribution in [0, 0.1) is 11.7 Å². The summed E-state index contributed by atoms with van der Waals surface area (Å²) in [5, 5.41) is 5.89. The predicted octanol–water partition coefficient (Wildman–Crippen LogP) is 2.09. The van der Waals surface area contributed by atoms with Crippen LogP contribution in [-0.4, -0.2) is 25.6 Å². The van der Waals surface area contributed by atoms with E-state index in [-0.39, 0.29) is 18.3 Å². The molecule has 0 unspecified atom stereocenters. The Kier molecular flexibility index (Phi) is 7.01. The van der Waals surface area contributed by atoms with Gasteiger partial charge in [0.1, 0.15) is 11.6 Å². The lowest BCUT2D eigenvalue weighted by molar-refractivity contribution is -0.122. The molecule has 0 aromatic heterocycles. The van der Waals surface area contributed by atoms with Crippen molar-refractivity contribution in [3.05, 3.63) is 29.6 Å². The van der Waals surface area contributed by atoms with Gasteiger partial charge in [-0.15, -0.1) is 0 Å². The molecule has 4 nitrogen and oxygen atoms in total. The summed E-state index contributed by atoms with van der Waals surface area (Å²) in [5.74, 6) is 0.562. The van der Waals surface area contributed by atoms with Crippen molar-refractivity contribution in [2.75, 3.05) is 19.7 Å². The number of carbonyl (C=O) groups is 1. The molecule has 5 heteroatoms. The lowest BCUT2D eigenvalue weighted by atomic mass is 10.1. The van der Waals surface area contributed by atoms with E-state index < -0.39 is 0 Å². The number of benzene rings is 1. The summed E-state index contributed by atoms with van der Waals surface area (Å²) in [4.78, 5) is 11.4. The maximum Gasteiger partial charge on any atom is 0.257 e. The largest absolute Gasteiger partial charge is 0.483 e. The highest BCUT2D eigenvalue weighted by Crippen LogP contribution is 2.19. The standard InChI is InChI=1S/C15H23FN2O2/c1-4-18-15(19)10-20-14-6-5-13(16)7-12(14)9-17-8-11(2)3/h5-7,11,17H,4,8-10H2,1-3H3,(H,18,19). The van der Waals surface area contributed by atoms with Crippen molar-refractivity contribution in [1.29, 1.82) is 0 Å². The summed E-state index contributed by atoms with van der Waals surface area (Å²) >= 11 is 0. The van der Waals surface area contributed by atoms with Crippen LogP contribution in [0.3, 0.4) is 0 Å². The third kappa shape index (κ3) is 6.02. The fraction of sp³-hybridized carbons (Fsp3) is 0.533. The summed E-state index contributed by atoms with van der Waals surface area (Å²) < 4.78 is 18.7. The van der Waals surface area contributed by atoms with E-state index in [2.05, 4.69) is 24.5 Å². The van der Waals surface area contributed by atoms with E-state index in [0.29, 0.717) is 24.8 Å². The monoisotopic (exact) mass is 282 g/mol. The van der Waals surface area contributed by atoms with Crippen molar-refractivity contribution in [3.63, 3.8) is 0 Å². The van der Waals surface area contributed by atoms with Crippen LogP contribution in [0.25, 0.3) is 0 Å². The predicted molar refractivity (Wildman–Crippen MR) is 77.1 cm³/mol. The van der Waals surface area contributed by atoms with Crippen molar-refractivity contribution in [2.45, 2.75) is 27.3 Å². The van der Waals surface area contributed by atoms with E-state index >= 15 is 0 Å². The van der Waals surface area contributed by atoms with Crippen LogP contribution in [0.2, 0.25) is 0 Å². The molecule has 1 aromatic carbocycles. The van der Waals surface area contributed by atoms with E-state index in [9.17, 15) is 9.18 Å². The second kappa shape index (κ2) is 8.53. The highest BCUT2D eigenvalue weighted by Gasteiger charge is 2.08. The Balaban J connectivity index is 2.62. The van der Waals surface area contributed by atoms with Gasteiger partial charge in [0.05, 0.1) is 0 Å². The van der Waals surface area contributed by atoms with Crippen LogP contribution in [0.5, 0.6) is 5.75 Å². The Morgan fingerprint density at radius 3 is 2.80 bits per heavy atom. The van der Waals surface area contributed by atoms with E-state index in [4.69, 9.17) is 4.74 Å². The van der Waals surface area contributed by atoms with Crippen LogP contribution in [0.15, 0.2) is 18.2 Å². The Morgan fingerprint density at radius 1 is 1.40 bits per heavy atom. The first-order valence-electron chi connectivity index (χ1n) is 6.91. The molecule has 0 atom stereocenters. The second-order valence-electron chi connectivity index (χ2n) is 5.02. The van der Waals surface area contributed by atoms with E-state index in [1.807, 2.05) is 6.92 Å².